The van der Waals surface area contributed by atoms with Gasteiger partial charge in [-0.15, -0.1) is 0 Å². The van der Waals surface area contributed by atoms with Crippen molar-refractivity contribution in [2.75, 3.05) is 6.61 Å². The van der Waals surface area contributed by atoms with E-state index in [9.17, 15) is 4.79 Å². The minimum absolute atomic E-state index is 0.140. The zero-order chi connectivity index (χ0) is 10.7. The molecule has 0 radical (unpaired) electrons. The predicted molar refractivity (Wildman–Crippen MR) is 57.6 cm³/mol. The quantitative estimate of drug-likeness (QED) is 0.648. The molecule has 4 heteroatoms. The molecule has 2 rings (SSSR count). The normalized spacial score (nSPS) is 21.4. The highest BCUT2D eigenvalue weighted by Crippen LogP contribution is 2.26. The van der Waals surface area contributed by atoms with Crippen LogP contribution in [0.3, 0.4) is 0 Å². The molecular weight excluding hydrogens is 192 g/mol. The van der Waals surface area contributed by atoms with Gasteiger partial charge in [-0.25, -0.2) is 4.79 Å². The van der Waals surface area contributed by atoms with Gasteiger partial charge in [-0.2, -0.15) is 0 Å². The zero-order valence-corrected chi connectivity index (χ0v) is 8.62. The molecule has 82 valence electrons. The molecule has 15 heavy (non-hydrogen) atoms. The van der Waals surface area contributed by atoms with E-state index in [4.69, 9.17) is 5.11 Å². The Morgan fingerprint density at radius 2 is 2.40 bits per heavy atom. The molecule has 0 aliphatic heterocycles. The van der Waals surface area contributed by atoms with Gasteiger partial charge in [-0.05, 0) is 37.2 Å². The van der Waals surface area contributed by atoms with Gasteiger partial charge in [0.1, 0.15) is 0 Å². The number of aliphatic hydroxyl groups is 1. The summed E-state index contributed by atoms with van der Waals surface area (Å²) in [4.78, 5) is 16.3. The first-order valence-electron chi connectivity index (χ1n) is 5.33. The number of allylic oxidation sites excluding steroid dienone is 1. The SMILES string of the molecule is O=c1[nH]cc(CC2CCC=C(CO)C2)[nH]1. The van der Waals surface area contributed by atoms with E-state index < -0.39 is 0 Å². The molecule has 1 aliphatic rings. The highest BCUT2D eigenvalue weighted by Gasteiger charge is 2.16. The number of imidazole rings is 1. The third-order valence-corrected chi connectivity index (χ3v) is 2.92. The van der Waals surface area contributed by atoms with Crippen molar-refractivity contribution in [2.45, 2.75) is 25.7 Å². The molecule has 0 fully saturated rings. The first-order valence-corrected chi connectivity index (χ1v) is 5.33. The zero-order valence-electron chi connectivity index (χ0n) is 8.62. The molecule has 0 saturated carbocycles. The lowest BCUT2D eigenvalue weighted by Gasteiger charge is -2.21. The number of nitrogens with one attached hydrogen (secondary N) is 2. The summed E-state index contributed by atoms with van der Waals surface area (Å²) < 4.78 is 0. The van der Waals surface area contributed by atoms with Gasteiger partial charge in [0.15, 0.2) is 0 Å². The van der Waals surface area contributed by atoms with Gasteiger partial charge < -0.3 is 15.1 Å². The lowest BCUT2D eigenvalue weighted by molar-refractivity contribution is 0.310. The third kappa shape index (κ3) is 2.59. The van der Waals surface area contributed by atoms with Crippen LogP contribution in [0.5, 0.6) is 0 Å². The molecule has 1 heterocycles. The smallest absolute Gasteiger partial charge is 0.323 e. The predicted octanol–water partition coefficient (Wildman–Crippen LogP) is 0.964. The molecule has 0 bridgehead atoms. The summed E-state index contributed by atoms with van der Waals surface area (Å²) >= 11 is 0. The minimum Gasteiger partial charge on any atom is -0.392 e. The summed E-state index contributed by atoms with van der Waals surface area (Å²) in [7, 11) is 0. The molecule has 0 saturated heterocycles. The Morgan fingerprint density at radius 1 is 1.53 bits per heavy atom. The number of rotatable bonds is 3. The summed E-state index contributed by atoms with van der Waals surface area (Å²) in [5.41, 5.74) is 1.95. The third-order valence-electron chi connectivity index (χ3n) is 2.92. The van der Waals surface area contributed by atoms with Crippen molar-refractivity contribution in [1.82, 2.24) is 9.97 Å². The first-order chi connectivity index (χ1) is 7.28. The lowest BCUT2D eigenvalue weighted by atomic mass is 9.86. The van der Waals surface area contributed by atoms with Gasteiger partial charge in [0, 0.05) is 11.9 Å². The van der Waals surface area contributed by atoms with Crippen molar-refractivity contribution in [2.24, 2.45) is 5.92 Å². The monoisotopic (exact) mass is 208 g/mol. The maximum absolute atomic E-state index is 10.9. The Labute approximate surface area is 88.0 Å². The van der Waals surface area contributed by atoms with Crippen molar-refractivity contribution < 1.29 is 5.11 Å². The largest absolute Gasteiger partial charge is 0.392 e. The number of aromatic nitrogens is 2. The van der Waals surface area contributed by atoms with Crippen molar-refractivity contribution in [3.63, 3.8) is 0 Å². The fourth-order valence-electron chi connectivity index (χ4n) is 2.17. The molecule has 1 atom stereocenters. The molecule has 3 N–H and O–H groups in total. The molecule has 1 aromatic rings. The van der Waals surface area contributed by atoms with Gasteiger partial charge in [0.25, 0.3) is 0 Å². The van der Waals surface area contributed by atoms with Crippen molar-refractivity contribution in [1.29, 1.82) is 0 Å². The second kappa shape index (κ2) is 4.49. The molecule has 1 aromatic heterocycles. The van der Waals surface area contributed by atoms with E-state index in [1.54, 1.807) is 6.20 Å². The first kappa shape index (κ1) is 10.2. The molecule has 1 aliphatic carbocycles. The van der Waals surface area contributed by atoms with Crippen LogP contribution in [0, 0.1) is 5.92 Å². The Bertz CT molecular complexity index is 403. The average molecular weight is 208 g/mol. The van der Waals surface area contributed by atoms with Crippen molar-refractivity contribution in [3.05, 3.63) is 34.0 Å². The molecule has 0 spiro atoms. The van der Waals surface area contributed by atoms with E-state index in [0.717, 1.165) is 37.0 Å². The number of hydrogen-bond acceptors (Lipinski definition) is 2. The van der Waals surface area contributed by atoms with E-state index in [0.29, 0.717) is 5.92 Å². The van der Waals surface area contributed by atoms with E-state index in [1.807, 2.05) is 0 Å². The van der Waals surface area contributed by atoms with Gasteiger partial charge >= 0.3 is 5.69 Å². The molecule has 4 nitrogen and oxygen atoms in total. The number of aliphatic hydroxyl groups excluding tert-OH is 1. The number of hydrogen-bond donors (Lipinski definition) is 3. The maximum Gasteiger partial charge on any atom is 0.323 e. The topological polar surface area (TPSA) is 68.9 Å². The molecule has 1 unspecified atom stereocenters. The summed E-state index contributed by atoms with van der Waals surface area (Å²) in [6.07, 6.45) is 7.86. The Balaban J connectivity index is 1.96. The van der Waals surface area contributed by atoms with Crippen LogP contribution in [0.2, 0.25) is 0 Å². The molecule has 0 aromatic carbocycles. The van der Waals surface area contributed by atoms with Crippen LogP contribution in [0.15, 0.2) is 22.6 Å². The van der Waals surface area contributed by atoms with Crippen LogP contribution in [0.4, 0.5) is 0 Å². The van der Waals surface area contributed by atoms with Crippen molar-refractivity contribution >= 4 is 0 Å². The van der Waals surface area contributed by atoms with Crippen LogP contribution in [-0.4, -0.2) is 21.7 Å². The standard InChI is InChI=1S/C11H16N2O2/c14-7-9-3-1-2-8(4-9)5-10-6-12-11(15)13-10/h3,6,8,14H,1-2,4-5,7H2,(H2,12,13,15). The highest BCUT2D eigenvalue weighted by atomic mass is 16.3. The van der Waals surface area contributed by atoms with E-state index in [1.165, 1.54) is 0 Å². The van der Waals surface area contributed by atoms with Gasteiger partial charge in [0.2, 0.25) is 0 Å². The van der Waals surface area contributed by atoms with Gasteiger partial charge in [-0.3, -0.25) is 0 Å². The molecular formula is C11H16N2O2. The maximum atomic E-state index is 10.9. The lowest BCUT2D eigenvalue weighted by Crippen LogP contribution is -2.12. The second-order valence-electron chi connectivity index (χ2n) is 4.14. The van der Waals surface area contributed by atoms with Crippen LogP contribution >= 0.6 is 0 Å². The highest BCUT2D eigenvalue weighted by molar-refractivity contribution is 5.09. The van der Waals surface area contributed by atoms with Gasteiger partial charge in [0.05, 0.1) is 6.61 Å². The summed E-state index contributed by atoms with van der Waals surface area (Å²) in [6, 6.07) is 0. The van der Waals surface area contributed by atoms with Crippen LogP contribution in [0.1, 0.15) is 25.0 Å². The minimum atomic E-state index is -0.140. The molecule has 0 amide bonds. The Hall–Kier alpha value is -1.29. The van der Waals surface area contributed by atoms with Crippen molar-refractivity contribution in [3.8, 4) is 0 Å². The second-order valence-corrected chi connectivity index (χ2v) is 4.14. The number of aromatic amines is 2. The summed E-state index contributed by atoms with van der Waals surface area (Å²) in [6.45, 7) is 0.167. The van der Waals surface area contributed by atoms with Crippen LogP contribution < -0.4 is 5.69 Å². The van der Waals surface area contributed by atoms with E-state index >= 15 is 0 Å². The van der Waals surface area contributed by atoms with E-state index in [-0.39, 0.29) is 12.3 Å². The number of H-pyrrole nitrogens is 2. The Morgan fingerprint density at radius 3 is 3.07 bits per heavy atom. The van der Waals surface area contributed by atoms with Crippen LogP contribution in [-0.2, 0) is 6.42 Å². The van der Waals surface area contributed by atoms with Crippen LogP contribution in [0.25, 0.3) is 0 Å². The van der Waals surface area contributed by atoms with Gasteiger partial charge in [-0.1, -0.05) is 6.08 Å². The average Bonchev–Trinajstić information content (AvgIpc) is 2.64. The Kier molecular flexibility index (Phi) is 3.06. The fourth-order valence-corrected chi connectivity index (χ4v) is 2.17. The summed E-state index contributed by atoms with van der Waals surface area (Å²) in [5, 5.41) is 9.05. The fraction of sp³-hybridized carbons (Fsp3) is 0.545. The summed E-state index contributed by atoms with van der Waals surface area (Å²) in [5.74, 6) is 0.545. The van der Waals surface area contributed by atoms with E-state index in [2.05, 4.69) is 16.0 Å².